The van der Waals surface area contributed by atoms with Gasteiger partial charge in [0.05, 0.1) is 33.2 Å². The third-order valence-corrected chi connectivity index (χ3v) is 9.20. The van der Waals surface area contributed by atoms with Gasteiger partial charge in [0.1, 0.15) is 11.6 Å². The number of nitrogens with zero attached hydrogens (tertiary/aromatic N) is 4. The maximum Gasteiger partial charge on any atom is 0.261 e. The van der Waals surface area contributed by atoms with Crippen LogP contribution < -0.4 is 10.5 Å². The van der Waals surface area contributed by atoms with Crippen molar-refractivity contribution in [2.24, 2.45) is 0 Å². The number of hydrogen-bond acceptors (Lipinski definition) is 5. The first-order valence-electron chi connectivity index (χ1n) is 14.7. The highest BCUT2D eigenvalue weighted by molar-refractivity contribution is 6.34. The van der Waals surface area contributed by atoms with Gasteiger partial charge < -0.3 is 14.9 Å². The fourth-order valence-corrected chi connectivity index (χ4v) is 7.13. The van der Waals surface area contributed by atoms with Gasteiger partial charge in [0, 0.05) is 47.9 Å². The van der Waals surface area contributed by atoms with E-state index in [-0.39, 0.29) is 45.6 Å². The van der Waals surface area contributed by atoms with E-state index in [1.165, 1.54) is 22.8 Å². The minimum atomic E-state index is -0.929. The fourth-order valence-electron chi connectivity index (χ4n) is 6.84. The summed E-state index contributed by atoms with van der Waals surface area (Å²) in [6.07, 6.45) is 3.98. The Balaban J connectivity index is 1.75. The van der Waals surface area contributed by atoms with Gasteiger partial charge in [-0.05, 0) is 68.5 Å². The molecule has 0 saturated carbocycles. The Bertz CT molecular complexity index is 1900. The third kappa shape index (κ3) is 4.48. The number of rotatable bonds is 4. The molecule has 2 aliphatic rings. The summed E-state index contributed by atoms with van der Waals surface area (Å²) in [6, 6.07) is 6.70. The molecule has 2 aromatic heterocycles. The molecule has 1 N–H and O–H groups in total. The van der Waals surface area contributed by atoms with Crippen molar-refractivity contribution in [1.29, 1.82) is 0 Å². The van der Waals surface area contributed by atoms with Gasteiger partial charge in [-0.25, -0.2) is 8.78 Å². The van der Waals surface area contributed by atoms with E-state index in [1.54, 1.807) is 23.2 Å². The number of aromatic hydroxyl groups is 1. The summed E-state index contributed by atoms with van der Waals surface area (Å²) in [6.45, 7) is 12.1. The van der Waals surface area contributed by atoms with E-state index in [0.717, 1.165) is 11.6 Å². The van der Waals surface area contributed by atoms with Crippen LogP contribution in [0.2, 0.25) is 5.02 Å². The quantitative estimate of drug-likeness (QED) is 0.259. The van der Waals surface area contributed by atoms with Gasteiger partial charge in [-0.2, -0.15) is 0 Å². The Hall–Kier alpha value is -4.24. The molecular weight excluding hydrogens is 586 g/mol. The van der Waals surface area contributed by atoms with Crippen LogP contribution >= 0.6 is 11.6 Å². The van der Waals surface area contributed by atoms with E-state index in [2.05, 4.69) is 16.5 Å². The minimum Gasteiger partial charge on any atom is -0.507 e. The Morgan fingerprint density at radius 3 is 2.61 bits per heavy atom. The summed E-state index contributed by atoms with van der Waals surface area (Å²) in [4.78, 5) is 35.7. The summed E-state index contributed by atoms with van der Waals surface area (Å²) >= 11 is 6.77. The first-order chi connectivity index (χ1) is 21.0. The molecule has 0 aliphatic carbocycles. The number of benzene rings is 2. The van der Waals surface area contributed by atoms with E-state index in [1.807, 2.05) is 27.7 Å². The summed E-state index contributed by atoms with van der Waals surface area (Å²) in [5.41, 5.74) is 1.67. The predicted molar refractivity (Wildman–Crippen MR) is 169 cm³/mol. The van der Waals surface area contributed by atoms with Crippen molar-refractivity contribution in [1.82, 2.24) is 14.5 Å². The number of carbonyl (C=O) groups excluding carboxylic acids is 1. The van der Waals surface area contributed by atoms with Crippen LogP contribution in [0.4, 0.5) is 14.5 Å². The molecule has 2 aliphatic heterocycles. The van der Waals surface area contributed by atoms with Gasteiger partial charge >= 0.3 is 0 Å². The SMILES string of the molecule is C=CC(=O)N1CC2CCc3c(c4cc(Cl)c(-c5c(O)cccc5F)c(F)c4n(-c4c(C)ccnc4C(C)C)c3=O)N2CC1C. The van der Waals surface area contributed by atoms with Gasteiger partial charge in [0.25, 0.3) is 5.56 Å². The number of anilines is 1. The molecule has 4 aromatic rings. The van der Waals surface area contributed by atoms with Crippen molar-refractivity contribution in [3.8, 4) is 22.6 Å². The lowest BCUT2D eigenvalue weighted by Crippen LogP contribution is -2.60. The number of phenolic OH excluding ortho intramolecular Hbond substituents is 1. The van der Waals surface area contributed by atoms with Crippen LogP contribution in [-0.2, 0) is 11.2 Å². The largest absolute Gasteiger partial charge is 0.507 e. The molecule has 2 unspecified atom stereocenters. The number of phenols is 1. The maximum absolute atomic E-state index is 17.2. The van der Waals surface area contributed by atoms with Gasteiger partial charge in [-0.3, -0.25) is 19.1 Å². The van der Waals surface area contributed by atoms with E-state index in [9.17, 15) is 14.7 Å². The molecular formula is C34H33ClF2N4O3. The zero-order valence-corrected chi connectivity index (χ0v) is 25.8. The number of amides is 1. The third-order valence-electron chi connectivity index (χ3n) is 8.90. The number of aromatic nitrogens is 2. The molecule has 1 fully saturated rings. The molecule has 2 aromatic carbocycles. The first kappa shape index (κ1) is 29.8. The molecule has 228 valence electrons. The molecule has 2 atom stereocenters. The normalized spacial score (nSPS) is 18.0. The van der Waals surface area contributed by atoms with E-state index in [0.29, 0.717) is 53.9 Å². The van der Waals surface area contributed by atoms with Crippen LogP contribution in [0.15, 0.2) is 54.0 Å². The molecule has 6 rings (SSSR count). The van der Waals surface area contributed by atoms with Crippen molar-refractivity contribution in [2.45, 2.75) is 58.5 Å². The Morgan fingerprint density at radius 2 is 1.93 bits per heavy atom. The zero-order valence-electron chi connectivity index (χ0n) is 25.0. The van der Waals surface area contributed by atoms with E-state index < -0.39 is 22.9 Å². The van der Waals surface area contributed by atoms with Crippen LogP contribution in [0.3, 0.4) is 0 Å². The van der Waals surface area contributed by atoms with Crippen molar-refractivity contribution in [2.75, 3.05) is 18.0 Å². The highest BCUT2D eigenvalue weighted by Crippen LogP contribution is 2.46. The minimum absolute atomic E-state index is 0.0771. The predicted octanol–water partition coefficient (Wildman–Crippen LogP) is 6.66. The van der Waals surface area contributed by atoms with Crippen LogP contribution in [0, 0.1) is 18.6 Å². The number of piperazine rings is 1. The topological polar surface area (TPSA) is 78.7 Å². The first-order valence-corrected chi connectivity index (χ1v) is 15.1. The average Bonchev–Trinajstić information content (AvgIpc) is 2.98. The standard InChI is InChI=1S/C34H33ClF2N4O3/c1-6-26(43)39-16-20-10-11-21-32(40(20)15-19(39)5)22-14-23(35)27(28-24(36)8-7-9-25(28)42)29(37)33(22)41(34(21)44)31-18(4)12-13-38-30(31)17(2)3/h6-9,12-14,17,19-20,42H,1,10-11,15-16H2,2-5H3. The second-order valence-corrected chi connectivity index (χ2v) is 12.4. The van der Waals surface area contributed by atoms with Crippen molar-refractivity contribution in [3.05, 3.63) is 93.0 Å². The van der Waals surface area contributed by atoms with Gasteiger partial charge in [0.15, 0.2) is 5.82 Å². The number of pyridine rings is 2. The Kier molecular flexibility index (Phi) is 7.48. The molecule has 44 heavy (non-hydrogen) atoms. The van der Waals surface area contributed by atoms with Crippen LogP contribution in [0.25, 0.3) is 27.7 Å². The fraction of sp³-hybridized carbons (Fsp3) is 0.324. The molecule has 0 bridgehead atoms. The van der Waals surface area contributed by atoms with Crippen LogP contribution in [-0.4, -0.2) is 50.6 Å². The zero-order chi connectivity index (χ0) is 31.6. The van der Waals surface area contributed by atoms with Gasteiger partial charge in [0.2, 0.25) is 5.91 Å². The molecule has 1 amide bonds. The second-order valence-electron chi connectivity index (χ2n) is 12.0. The molecule has 1 saturated heterocycles. The lowest BCUT2D eigenvalue weighted by atomic mass is 9.89. The number of aryl methyl sites for hydroxylation is 1. The maximum atomic E-state index is 17.2. The second kappa shape index (κ2) is 11.0. The molecule has 10 heteroatoms. The summed E-state index contributed by atoms with van der Waals surface area (Å²) in [5.74, 6) is -2.53. The van der Waals surface area contributed by atoms with Crippen molar-refractivity contribution >= 4 is 34.1 Å². The van der Waals surface area contributed by atoms with E-state index in [4.69, 9.17) is 11.6 Å². The molecule has 4 heterocycles. The monoisotopic (exact) mass is 618 g/mol. The van der Waals surface area contributed by atoms with Crippen LogP contribution in [0.1, 0.15) is 49.9 Å². The highest BCUT2D eigenvalue weighted by atomic mass is 35.5. The number of hydrogen-bond donors (Lipinski definition) is 1. The lowest BCUT2D eigenvalue weighted by molar-refractivity contribution is -0.129. The number of halogens is 3. The summed E-state index contributed by atoms with van der Waals surface area (Å²) in [5, 5.41) is 10.9. The summed E-state index contributed by atoms with van der Waals surface area (Å²) < 4.78 is 33.8. The Labute approximate surface area is 259 Å². The number of carbonyl (C=O) groups is 1. The summed E-state index contributed by atoms with van der Waals surface area (Å²) in [7, 11) is 0. The Morgan fingerprint density at radius 1 is 1.18 bits per heavy atom. The van der Waals surface area contributed by atoms with Gasteiger partial charge in [-0.1, -0.05) is 38.1 Å². The molecule has 0 radical (unpaired) electrons. The van der Waals surface area contributed by atoms with Crippen LogP contribution in [0.5, 0.6) is 5.75 Å². The van der Waals surface area contributed by atoms with E-state index >= 15 is 8.78 Å². The highest BCUT2D eigenvalue weighted by Gasteiger charge is 2.40. The smallest absolute Gasteiger partial charge is 0.261 e. The lowest BCUT2D eigenvalue weighted by Gasteiger charge is -2.49. The average molecular weight is 619 g/mol. The molecule has 7 nitrogen and oxygen atoms in total. The molecule has 0 spiro atoms. The van der Waals surface area contributed by atoms with Crippen molar-refractivity contribution < 1.29 is 18.7 Å². The number of fused-ring (bicyclic) bond motifs is 5. The van der Waals surface area contributed by atoms with Crippen molar-refractivity contribution in [3.63, 3.8) is 0 Å². The van der Waals surface area contributed by atoms with Gasteiger partial charge in [-0.15, -0.1) is 0 Å².